The van der Waals surface area contributed by atoms with Crippen molar-refractivity contribution in [1.29, 1.82) is 0 Å². The highest BCUT2D eigenvalue weighted by molar-refractivity contribution is 8.00. The van der Waals surface area contributed by atoms with Crippen molar-refractivity contribution < 1.29 is 27.6 Å². The summed E-state index contributed by atoms with van der Waals surface area (Å²) in [6.07, 6.45) is -4.60. The van der Waals surface area contributed by atoms with Gasteiger partial charge in [0.1, 0.15) is 5.75 Å². The molecule has 11 heteroatoms. The van der Waals surface area contributed by atoms with E-state index in [9.17, 15) is 28.1 Å². The second-order valence-corrected chi connectivity index (χ2v) is 6.57. The van der Waals surface area contributed by atoms with E-state index in [1.807, 2.05) is 0 Å². The summed E-state index contributed by atoms with van der Waals surface area (Å²) >= 11 is 6.44. The normalized spacial score (nSPS) is 11.1. The van der Waals surface area contributed by atoms with E-state index < -0.39 is 27.6 Å². The summed E-state index contributed by atoms with van der Waals surface area (Å²) in [5.74, 6) is -0.608. The van der Waals surface area contributed by atoms with Gasteiger partial charge in [0.15, 0.2) is 0 Å². The quantitative estimate of drug-likeness (QED) is 0.403. The first-order valence-corrected chi connectivity index (χ1v) is 8.60. The molecule has 2 rings (SSSR count). The van der Waals surface area contributed by atoms with Crippen molar-refractivity contribution in [3.8, 4) is 5.75 Å². The fraction of sp³-hybridized carbons (Fsp3) is 0.188. The Kier molecular flexibility index (Phi) is 6.55. The summed E-state index contributed by atoms with van der Waals surface area (Å²) < 4.78 is 43.6. The number of hydrogen-bond acceptors (Lipinski definition) is 5. The number of nitro benzene ring substituents is 1. The minimum Gasteiger partial charge on any atom is -0.494 e. The molecule has 27 heavy (non-hydrogen) atoms. The highest BCUT2D eigenvalue weighted by Crippen LogP contribution is 2.37. The van der Waals surface area contributed by atoms with E-state index in [0.29, 0.717) is 0 Å². The number of anilines is 1. The standard InChI is InChI=1S/C16H12ClF3N2O4S/c1-26-14-6-9(22(24)25)2-5-13(14)21-15(23)8-27-10-3-4-12(17)11(7-10)16(18,19)20/h2-7H,8H2,1H3,(H,21,23). The molecule has 1 amide bonds. The molecule has 0 saturated carbocycles. The number of halogens is 4. The summed E-state index contributed by atoms with van der Waals surface area (Å²) in [7, 11) is 1.29. The van der Waals surface area contributed by atoms with Crippen LogP contribution < -0.4 is 10.1 Å². The number of nitro groups is 1. The zero-order valence-electron chi connectivity index (χ0n) is 13.7. The van der Waals surface area contributed by atoms with E-state index in [4.69, 9.17) is 16.3 Å². The second-order valence-electron chi connectivity index (χ2n) is 5.12. The average molecular weight is 421 g/mol. The number of alkyl halides is 3. The van der Waals surface area contributed by atoms with Crippen LogP contribution in [0.3, 0.4) is 0 Å². The molecule has 0 heterocycles. The summed E-state index contributed by atoms with van der Waals surface area (Å²) in [5.41, 5.74) is -0.979. The molecule has 0 aliphatic carbocycles. The molecular formula is C16H12ClF3N2O4S. The maximum absolute atomic E-state index is 12.9. The lowest BCUT2D eigenvalue weighted by Gasteiger charge is -2.11. The van der Waals surface area contributed by atoms with Crippen molar-refractivity contribution in [2.75, 3.05) is 18.2 Å². The average Bonchev–Trinajstić information content (AvgIpc) is 2.60. The van der Waals surface area contributed by atoms with Crippen LogP contribution in [0.25, 0.3) is 0 Å². The highest BCUT2D eigenvalue weighted by Gasteiger charge is 2.33. The minimum atomic E-state index is -4.60. The molecule has 0 atom stereocenters. The molecule has 0 saturated heterocycles. The monoisotopic (exact) mass is 420 g/mol. The van der Waals surface area contributed by atoms with Crippen LogP contribution in [0.4, 0.5) is 24.5 Å². The van der Waals surface area contributed by atoms with Crippen molar-refractivity contribution >= 4 is 40.6 Å². The number of benzene rings is 2. The van der Waals surface area contributed by atoms with Crippen LogP contribution >= 0.6 is 23.4 Å². The first-order valence-electron chi connectivity index (χ1n) is 7.23. The fourth-order valence-electron chi connectivity index (χ4n) is 2.04. The Hall–Kier alpha value is -2.46. The first kappa shape index (κ1) is 20.8. The van der Waals surface area contributed by atoms with Gasteiger partial charge in [-0.1, -0.05) is 11.6 Å². The third kappa shape index (κ3) is 5.51. The number of ether oxygens (including phenoxy) is 1. The van der Waals surface area contributed by atoms with Gasteiger partial charge in [-0.2, -0.15) is 13.2 Å². The maximum atomic E-state index is 12.9. The summed E-state index contributed by atoms with van der Waals surface area (Å²) in [6.45, 7) is 0. The Morgan fingerprint density at radius 1 is 1.30 bits per heavy atom. The number of thioether (sulfide) groups is 1. The molecule has 2 aromatic rings. The molecule has 0 aromatic heterocycles. The van der Waals surface area contributed by atoms with Gasteiger partial charge in [-0.3, -0.25) is 14.9 Å². The molecule has 0 radical (unpaired) electrons. The van der Waals surface area contributed by atoms with Crippen LogP contribution in [0.1, 0.15) is 5.56 Å². The van der Waals surface area contributed by atoms with Gasteiger partial charge in [-0.15, -0.1) is 11.8 Å². The maximum Gasteiger partial charge on any atom is 0.417 e. The van der Waals surface area contributed by atoms with Crippen LogP contribution in [0.5, 0.6) is 5.75 Å². The molecule has 2 aromatic carbocycles. The first-order chi connectivity index (χ1) is 12.6. The van der Waals surface area contributed by atoms with Crippen molar-refractivity contribution in [1.82, 2.24) is 0 Å². The van der Waals surface area contributed by atoms with Gasteiger partial charge < -0.3 is 10.1 Å². The Bertz CT molecular complexity index is 877. The lowest BCUT2D eigenvalue weighted by Crippen LogP contribution is -2.15. The van der Waals surface area contributed by atoms with Crippen molar-refractivity contribution in [2.45, 2.75) is 11.1 Å². The Balaban J connectivity index is 2.06. The van der Waals surface area contributed by atoms with Crippen LogP contribution in [0.15, 0.2) is 41.3 Å². The lowest BCUT2D eigenvalue weighted by atomic mass is 10.2. The van der Waals surface area contributed by atoms with E-state index >= 15 is 0 Å². The zero-order valence-corrected chi connectivity index (χ0v) is 15.2. The third-order valence-electron chi connectivity index (χ3n) is 3.28. The number of rotatable bonds is 6. The molecule has 1 N–H and O–H groups in total. The summed E-state index contributed by atoms with van der Waals surface area (Å²) in [4.78, 5) is 22.4. The number of non-ortho nitro benzene ring substituents is 1. The second kappa shape index (κ2) is 8.49. The topological polar surface area (TPSA) is 81.5 Å². The van der Waals surface area contributed by atoms with Crippen LogP contribution in [-0.2, 0) is 11.0 Å². The Labute approximate surface area is 160 Å². The fourth-order valence-corrected chi connectivity index (χ4v) is 3.00. The van der Waals surface area contributed by atoms with Gasteiger partial charge in [0.2, 0.25) is 5.91 Å². The van der Waals surface area contributed by atoms with E-state index in [1.165, 1.54) is 25.3 Å². The van der Waals surface area contributed by atoms with E-state index in [0.717, 1.165) is 30.0 Å². The van der Waals surface area contributed by atoms with E-state index in [-0.39, 0.29) is 27.8 Å². The van der Waals surface area contributed by atoms with Gasteiger partial charge in [0, 0.05) is 11.0 Å². The predicted octanol–water partition coefficient (Wildman–Crippen LogP) is 5.01. The molecule has 0 fully saturated rings. The van der Waals surface area contributed by atoms with Crippen molar-refractivity contribution in [3.63, 3.8) is 0 Å². The van der Waals surface area contributed by atoms with Crippen LogP contribution in [-0.4, -0.2) is 23.7 Å². The minimum absolute atomic E-state index is 0.0911. The zero-order chi connectivity index (χ0) is 20.2. The molecule has 144 valence electrons. The molecular weight excluding hydrogens is 409 g/mol. The molecule has 0 bridgehead atoms. The summed E-state index contributed by atoms with van der Waals surface area (Å²) in [6, 6.07) is 7.01. The molecule has 0 aliphatic rings. The van der Waals surface area contributed by atoms with Gasteiger partial charge in [-0.05, 0) is 24.3 Å². The van der Waals surface area contributed by atoms with Crippen molar-refractivity contribution in [3.05, 3.63) is 57.1 Å². The van der Waals surface area contributed by atoms with E-state index in [1.54, 1.807) is 0 Å². The van der Waals surface area contributed by atoms with E-state index in [2.05, 4.69) is 5.32 Å². The smallest absolute Gasteiger partial charge is 0.417 e. The number of nitrogens with zero attached hydrogens (tertiary/aromatic N) is 1. The number of methoxy groups -OCH3 is 1. The number of carbonyl (C=O) groups excluding carboxylic acids is 1. The predicted molar refractivity (Wildman–Crippen MR) is 95.5 cm³/mol. The highest BCUT2D eigenvalue weighted by atomic mass is 35.5. The van der Waals surface area contributed by atoms with Gasteiger partial charge in [0.25, 0.3) is 5.69 Å². The van der Waals surface area contributed by atoms with Gasteiger partial charge in [-0.25, -0.2) is 0 Å². The molecule has 0 spiro atoms. The van der Waals surface area contributed by atoms with Gasteiger partial charge >= 0.3 is 6.18 Å². The summed E-state index contributed by atoms with van der Waals surface area (Å²) in [5, 5.41) is 12.8. The third-order valence-corrected chi connectivity index (χ3v) is 4.61. The SMILES string of the molecule is COc1cc([N+](=O)[O-])ccc1NC(=O)CSc1ccc(Cl)c(C(F)(F)F)c1. The Morgan fingerprint density at radius 2 is 2.00 bits per heavy atom. The number of carbonyl (C=O) groups is 1. The van der Waals surface area contributed by atoms with Crippen LogP contribution in [0, 0.1) is 10.1 Å². The lowest BCUT2D eigenvalue weighted by molar-refractivity contribution is -0.384. The molecule has 0 aliphatic heterocycles. The molecule has 6 nitrogen and oxygen atoms in total. The number of hydrogen-bond donors (Lipinski definition) is 1. The van der Waals surface area contributed by atoms with Crippen molar-refractivity contribution in [2.24, 2.45) is 0 Å². The van der Waals surface area contributed by atoms with Crippen LogP contribution in [0.2, 0.25) is 5.02 Å². The van der Waals surface area contributed by atoms with Gasteiger partial charge in [0.05, 0.1) is 40.1 Å². The number of amides is 1. The number of nitrogens with one attached hydrogen (secondary N) is 1. The molecule has 0 unspecified atom stereocenters. The Morgan fingerprint density at radius 3 is 2.59 bits per heavy atom. The largest absolute Gasteiger partial charge is 0.494 e.